The summed E-state index contributed by atoms with van der Waals surface area (Å²) in [6.07, 6.45) is 1.87. The number of nitrogens with zero attached hydrogens (tertiary/aromatic N) is 1. The third-order valence-corrected chi connectivity index (χ3v) is 4.61. The molecule has 1 aliphatic heterocycles. The Kier molecular flexibility index (Phi) is 5.92. The lowest BCUT2D eigenvalue weighted by molar-refractivity contribution is 0.267. The van der Waals surface area contributed by atoms with Crippen molar-refractivity contribution in [3.63, 3.8) is 0 Å². The number of aromatic nitrogens is 1. The van der Waals surface area contributed by atoms with Crippen molar-refractivity contribution in [3.05, 3.63) is 78.1 Å². The van der Waals surface area contributed by atoms with Gasteiger partial charge in [-0.1, -0.05) is 30.3 Å². The second-order valence-corrected chi connectivity index (χ2v) is 6.72. The van der Waals surface area contributed by atoms with E-state index in [4.69, 9.17) is 14.5 Å². The van der Waals surface area contributed by atoms with Gasteiger partial charge in [-0.2, -0.15) is 0 Å². The van der Waals surface area contributed by atoms with Crippen molar-refractivity contribution < 1.29 is 9.47 Å². The molecule has 0 aliphatic carbocycles. The molecule has 5 heteroatoms. The van der Waals surface area contributed by atoms with Crippen molar-refractivity contribution in [1.82, 2.24) is 4.98 Å². The summed E-state index contributed by atoms with van der Waals surface area (Å²) in [4.78, 5) is 4.76. The molecule has 0 atom stereocenters. The fourth-order valence-corrected chi connectivity index (χ4v) is 3.14. The number of para-hydroxylation sites is 4. The van der Waals surface area contributed by atoms with E-state index < -0.39 is 0 Å². The standard InChI is InChI=1S/C23H25N3O2/c1-3-12-22-20(10-1)24-16-18-8-7-9-19(26-18)17-25-21-11-2-4-13-23(21)28-15-6-5-14-27-22/h1-4,7-13,24-25H,5-6,14-17H2. The molecule has 0 radical (unpaired) electrons. The topological polar surface area (TPSA) is 55.4 Å². The van der Waals surface area contributed by atoms with E-state index in [1.54, 1.807) is 0 Å². The first-order chi connectivity index (χ1) is 13.9. The van der Waals surface area contributed by atoms with Crippen LogP contribution in [0.1, 0.15) is 24.2 Å². The maximum absolute atomic E-state index is 5.99. The molecule has 2 bridgehead atoms. The summed E-state index contributed by atoms with van der Waals surface area (Å²) in [6.45, 7) is 2.62. The molecule has 2 N–H and O–H groups in total. The van der Waals surface area contributed by atoms with Crippen LogP contribution in [0.2, 0.25) is 0 Å². The molecule has 3 aromatic rings. The van der Waals surface area contributed by atoms with Gasteiger partial charge in [0, 0.05) is 0 Å². The number of anilines is 2. The van der Waals surface area contributed by atoms with Crippen LogP contribution >= 0.6 is 0 Å². The van der Waals surface area contributed by atoms with Crippen LogP contribution < -0.4 is 20.1 Å². The van der Waals surface area contributed by atoms with Crippen LogP contribution in [0.4, 0.5) is 11.4 Å². The Morgan fingerprint density at radius 2 is 1.11 bits per heavy atom. The van der Waals surface area contributed by atoms with Crippen LogP contribution in [0.25, 0.3) is 0 Å². The van der Waals surface area contributed by atoms with E-state index in [2.05, 4.69) is 10.6 Å². The van der Waals surface area contributed by atoms with Gasteiger partial charge >= 0.3 is 0 Å². The lowest BCUT2D eigenvalue weighted by Gasteiger charge is -2.13. The van der Waals surface area contributed by atoms with Crippen LogP contribution in [0.5, 0.6) is 11.5 Å². The zero-order valence-corrected chi connectivity index (χ0v) is 15.9. The highest BCUT2D eigenvalue weighted by Gasteiger charge is 2.07. The van der Waals surface area contributed by atoms with E-state index in [1.807, 2.05) is 66.7 Å². The molecule has 2 heterocycles. The number of rotatable bonds is 0. The summed E-state index contributed by atoms with van der Waals surface area (Å²) in [6, 6.07) is 22.2. The van der Waals surface area contributed by atoms with E-state index in [0.717, 1.165) is 47.1 Å². The summed E-state index contributed by atoms with van der Waals surface area (Å²) < 4.78 is 12.0. The van der Waals surface area contributed by atoms with Crippen molar-refractivity contribution in [1.29, 1.82) is 0 Å². The van der Waals surface area contributed by atoms with E-state index in [1.165, 1.54) is 0 Å². The zero-order chi connectivity index (χ0) is 19.0. The van der Waals surface area contributed by atoms with Crippen LogP contribution in [0, 0.1) is 0 Å². The number of nitrogens with one attached hydrogen (secondary N) is 2. The van der Waals surface area contributed by atoms with Crippen LogP contribution in [0.15, 0.2) is 66.7 Å². The predicted octanol–water partition coefficient (Wildman–Crippen LogP) is 4.86. The molecule has 0 saturated heterocycles. The Morgan fingerprint density at radius 3 is 1.64 bits per heavy atom. The summed E-state index contributed by atoms with van der Waals surface area (Å²) in [7, 11) is 0. The first-order valence-electron chi connectivity index (χ1n) is 9.75. The van der Waals surface area contributed by atoms with Gasteiger partial charge in [0.1, 0.15) is 11.5 Å². The molecule has 144 valence electrons. The Balaban J connectivity index is 1.55. The number of ether oxygens (including phenoxy) is 2. The third-order valence-electron chi connectivity index (χ3n) is 4.61. The zero-order valence-electron chi connectivity index (χ0n) is 15.9. The number of fused-ring (bicyclic) bond motifs is 4. The van der Waals surface area contributed by atoms with Gasteiger partial charge in [0.15, 0.2) is 0 Å². The Morgan fingerprint density at radius 1 is 0.607 bits per heavy atom. The lowest BCUT2D eigenvalue weighted by Crippen LogP contribution is -2.07. The van der Waals surface area contributed by atoms with Gasteiger partial charge in [-0.3, -0.25) is 4.98 Å². The first kappa shape index (κ1) is 18.2. The summed E-state index contributed by atoms with van der Waals surface area (Å²) >= 11 is 0. The van der Waals surface area contributed by atoms with Crippen LogP contribution in [0.3, 0.4) is 0 Å². The molecule has 0 saturated carbocycles. The van der Waals surface area contributed by atoms with E-state index in [9.17, 15) is 0 Å². The molecule has 28 heavy (non-hydrogen) atoms. The quantitative estimate of drug-likeness (QED) is 0.588. The number of pyridine rings is 1. The second kappa shape index (κ2) is 9.13. The normalized spacial score (nSPS) is 14.7. The molecular weight excluding hydrogens is 350 g/mol. The maximum Gasteiger partial charge on any atom is 0.142 e. The smallest absolute Gasteiger partial charge is 0.142 e. The lowest BCUT2D eigenvalue weighted by atomic mass is 10.2. The highest BCUT2D eigenvalue weighted by molar-refractivity contribution is 5.57. The molecule has 1 aromatic heterocycles. The van der Waals surface area contributed by atoms with Gasteiger partial charge in [-0.25, -0.2) is 0 Å². The SMILES string of the molecule is c1cc2nc(c1)CNc1ccccc1OCCCCOc1ccccc1NC2. The van der Waals surface area contributed by atoms with E-state index in [-0.39, 0.29) is 0 Å². The third kappa shape index (κ3) is 4.74. The van der Waals surface area contributed by atoms with Gasteiger partial charge in [0.05, 0.1) is 49.1 Å². The summed E-state index contributed by atoms with van der Waals surface area (Å²) in [5.41, 5.74) is 3.95. The summed E-state index contributed by atoms with van der Waals surface area (Å²) in [5, 5.41) is 6.90. The van der Waals surface area contributed by atoms with Gasteiger partial charge in [-0.15, -0.1) is 0 Å². The molecule has 5 nitrogen and oxygen atoms in total. The minimum atomic E-state index is 0.647. The Hall–Kier alpha value is -3.21. The molecule has 4 rings (SSSR count). The van der Waals surface area contributed by atoms with E-state index >= 15 is 0 Å². The monoisotopic (exact) mass is 375 g/mol. The largest absolute Gasteiger partial charge is 0.491 e. The summed E-state index contributed by atoms with van der Waals surface area (Å²) in [5.74, 6) is 1.74. The first-order valence-corrected chi connectivity index (χ1v) is 9.75. The van der Waals surface area contributed by atoms with Crippen molar-refractivity contribution >= 4 is 11.4 Å². The molecular formula is C23H25N3O2. The number of hydrogen-bond acceptors (Lipinski definition) is 5. The minimum Gasteiger partial charge on any atom is -0.491 e. The molecule has 0 amide bonds. The average Bonchev–Trinajstić information content (AvgIpc) is 2.74. The van der Waals surface area contributed by atoms with Crippen molar-refractivity contribution in [2.75, 3.05) is 23.8 Å². The van der Waals surface area contributed by atoms with Gasteiger partial charge in [-0.05, 0) is 49.2 Å². The fourth-order valence-electron chi connectivity index (χ4n) is 3.14. The molecule has 2 aromatic carbocycles. The highest BCUT2D eigenvalue weighted by atomic mass is 16.5. The van der Waals surface area contributed by atoms with Gasteiger partial charge in [0.25, 0.3) is 0 Å². The number of benzene rings is 2. The van der Waals surface area contributed by atoms with Crippen molar-refractivity contribution in [2.45, 2.75) is 25.9 Å². The Bertz CT molecular complexity index is 843. The maximum atomic E-state index is 5.99. The van der Waals surface area contributed by atoms with Crippen LogP contribution in [-0.4, -0.2) is 18.2 Å². The van der Waals surface area contributed by atoms with Gasteiger partial charge in [0.2, 0.25) is 0 Å². The average molecular weight is 375 g/mol. The fraction of sp³-hybridized carbons (Fsp3) is 0.261. The van der Waals surface area contributed by atoms with Gasteiger partial charge < -0.3 is 20.1 Å². The molecule has 0 fully saturated rings. The predicted molar refractivity (Wildman–Crippen MR) is 112 cm³/mol. The highest BCUT2D eigenvalue weighted by Crippen LogP contribution is 2.26. The van der Waals surface area contributed by atoms with Crippen molar-refractivity contribution in [3.8, 4) is 11.5 Å². The Labute approximate surface area is 165 Å². The molecule has 1 aliphatic rings. The van der Waals surface area contributed by atoms with Crippen molar-refractivity contribution in [2.24, 2.45) is 0 Å². The number of hydrogen-bond donors (Lipinski definition) is 2. The molecule has 0 unspecified atom stereocenters. The van der Waals surface area contributed by atoms with Crippen LogP contribution in [-0.2, 0) is 13.1 Å². The van der Waals surface area contributed by atoms with E-state index in [0.29, 0.717) is 26.3 Å². The minimum absolute atomic E-state index is 0.647. The second-order valence-electron chi connectivity index (χ2n) is 6.72. The molecule has 0 spiro atoms.